The monoisotopic (exact) mass is 402 g/mol. The van der Waals surface area contributed by atoms with Crippen molar-refractivity contribution in [2.45, 2.75) is 66.2 Å². The number of carbonyl (C=O) groups is 3. The number of ether oxygens (including phenoxy) is 2. The van der Waals surface area contributed by atoms with Crippen LogP contribution in [-0.2, 0) is 23.9 Å². The molecule has 2 atom stereocenters. The standard InChI is InChI=1S/C12H23NO3.C9H19NO2/c1-9(2)6-10(7-12(15)16-3)4-5-11(14)8-13;1-7(2)4-8(6-10)5-9(11)12-3/h9-10H,4-8,13H2,1-3H3;7-8H,4-6,10H2,1-3H3/t10-;8-/m00/s1. The molecule has 0 radical (unpaired) electrons. The summed E-state index contributed by atoms with van der Waals surface area (Å²) in [6.45, 7) is 9.11. The van der Waals surface area contributed by atoms with E-state index in [0.717, 1.165) is 19.3 Å². The topological polar surface area (TPSA) is 122 Å². The molecule has 0 fully saturated rings. The van der Waals surface area contributed by atoms with Gasteiger partial charge in [-0.1, -0.05) is 27.7 Å². The van der Waals surface area contributed by atoms with Crippen molar-refractivity contribution < 1.29 is 23.9 Å². The minimum atomic E-state index is -0.203. The van der Waals surface area contributed by atoms with Gasteiger partial charge in [0, 0.05) is 19.3 Å². The maximum absolute atomic E-state index is 11.2. The zero-order valence-electron chi connectivity index (χ0n) is 18.7. The van der Waals surface area contributed by atoms with Crippen molar-refractivity contribution >= 4 is 17.7 Å². The lowest BCUT2D eigenvalue weighted by Gasteiger charge is -2.17. The third kappa shape index (κ3) is 17.9. The molecule has 0 saturated carbocycles. The predicted molar refractivity (Wildman–Crippen MR) is 112 cm³/mol. The van der Waals surface area contributed by atoms with Crippen LogP contribution in [0.3, 0.4) is 0 Å². The molecule has 0 aliphatic carbocycles. The van der Waals surface area contributed by atoms with E-state index in [1.54, 1.807) is 0 Å². The van der Waals surface area contributed by atoms with Gasteiger partial charge in [0.15, 0.2) is 0 Å². The number of Topliss-reactive ketones (excluding diaryl/α,β-unsaturated/α-hetero) is 1. The molecule has 0 bridgehead atoms. The van der Waals surface area contributed by atoms with Crippen LogP contribution < -0.4 is 11.5 Å². The molecule has 7 nitrogen and oxygen atoms in total. The van der Waals surface area contributed by atoms with E-state index in [1.807, 2.05) is 0 Å². The van der Waals surface area contributed by atoms with Gasteiger partial charge in [0.2, 0.25) is 0 Å². The van der Waals surface area contributed by atoms with Gasteiger partial charge < -0.3 is 20.9 Å². The minimum absolute atomic E-state index is 0.0543. The number of ketones is 1. The Morgan fingerprint density at radius 3 is 1.57 bits per heavy atom. The van der Waals surface area contributed by atoms with Crippen molar-refractivity contribution in [1.29, 1.82) is 0 Å². The summed E-state index contributed by atoms with van der Waals surface area (Å²) in [5.41, 5.74) is 10.8. The maximum atomic E-state index is 11.2. The summed E-state index contributed by atoms with van der Waals surface area (Å²) in [5, 5.41) is 0. The fourth-order valence-corrected chi connectivity index (χ4v) is 3.00. The molecule has 0 heterocycles. The number of methoxy groups -OCH3 is 2. The molecule has 0 amide bonds. The second-order valence-electron chi connectivity index (χ2n) is 8.07. The molecule has 4 N–H and O–H groups in total. The van der Waals surface area contributed by atoms with Crippen LogP contribution in [0.15, 0.2) is 0 Å². The normalized spacial score (nSPS) is 12.8. The average molecular weight is 403 g/mol. The highest BCUT2D eigenvalue weighted by Crippen LogP contribution is 2.21. The molecule has 0 aromatic heterocycles. The molecular weight excluding hydrogens is 360 g/mol. The second kappa shape index (κ2) is 17.6. The summed E-state index contributed by atoms with van der Waals surface area (Å²) in [6, 6.07) is 0. The van der Waals surface area contributed by atoms with Crippen LogP contribution in [0.1, 0.15) is 66.2 Å². The van der Waals surface area contributed by atoms with Crippen molar-refractivity contribution in [2.24, 2.45) is 35.1 Å². The molecule has 28 heavy (non-hydrogen) atoms. The van der Waals surface area contributed by atoms with Gasteiger partial charge in [-0.25, -0.2) is 0 Å². The number of esters is 2. The van der Waals surface area contributed by atoms with Gasteiger partial charge in [-0.3, -0.25) is 14.4 Å². The lowest BCUT2D eigenvalue weighted by Crippen LogP contribution is -2.20. The summed E-state index contributed by atoms with van der Waals surface area (Å²) in [7, 11) is 2.80. The van der Waals surface area contributed by atoms with Crippen LogP contribution in [0.5, 0.6) is 0 Å². The first-order valence-electron chi connectivity index (χ1n) is 10.1. The van der Waals surface area contributed by atoms with Crippen molar-refractivity contribution in [3.05, 3.63) is 0 Å². The van der Waals surface area contributed by atoms with Crippen LogP contribution >= 0.6 is 0 Å². The molecule has 0 aromatic rings. The maximum Gasteiger partial charge on any atom is 0.305 e. The van der Waals surface area contributed by atoms with Crippen LogP contribution in [0.25, 0.3) is 0 Å². The van der Waals surface area contributed by atoms with Crippen LogP contribution in [0.2, 0.25) is 0 Å². The second-order valence-corrected chi connectivity index (χ2v) is 8.07. The van der Waals surface area contributed by atoms with Gasteiger partial charge in [-0.15, -0.1) is 0 Å². The summed E-state index contributed by atoms with van der Waals surface area (Å²) < 4.78 is 9.22. The zero-order valence-corrected chi connectivity index (χ0v) is 18.7. The minimum Gasteiger partial charge on any atom is -0.469 e. The Morgan fingerprint density at radius 2 is 1.21 bits per heavy atom. The van der Waals surface area contributed by atoms with E-state index in [2.05, 4.69) is 37.2 Å². The first-order valence-corrected chi connectivity index (χ1v) is 10.1. The highest BCUT2D eigenvalue weighted by molar-refractivity contribution is 5.80. The third-order valence-electron chi connectivity index (χ3n) is 4.37. The molecule has 0 aromatic carbocycles. The molecule has 166 valence electrons. The van der Waals surface area contributed by atoms with Crippen LogP contribution in [0, 0.1) is 23.7 Å². The highest BCUT2D eigenvalue weighted by Gasteiger charge is 2.17. The van der Waals surface area contributed by atoms with E-state index in [0.29, 0.717) is 37.6 Å². The van der Waals surface area contributed by atoms with E-state index in [1.165, 1.54) is 14.2 Å². The van der Waals surface area contributed by atoms with Gasteiger partial charge in [0.05, 0.1) is 20.8 Å². The van der Waals surface area contributed by atoms with Gasteiger partial charge in [-0.2, -0.15) is 0 Å². The lowest BCUT2D eigenvalue weighted by molar-refractivity contribution is -0.142. The smallest absolute Gasteiger partial charge is 0.305 e. The quantitative estimate of drug-likeness (QED) is 0.454. The molecule has 0 saturated heterocycles. The summed E-state index contributed by atoms with van der Waals surface area (Å²) >= 11 is 0. The lowest BCUT2D eigenvalue weighted by atomic mass is 9.89. The Balaban J connectivity index is 0. The Hall–Kier alpha value is -1.47. The molecule has 0 rings (SSSR count). The van der Waals surface area contributed by atoms with Crippen molar-refractivity contribution in [3.8, 4) is 0 Å². The molecular formula is C21H42N2O5. The van der Waals surface area contributed by atoms with E-state index in [9.17, 15) is 14.4 Å². The Morgan fingerprint density at radius 1 is 0.786 bits per heavy atom. The first kappa shape index (κ1) is 28.7. The number of nitrogens with two attached hydrogens (primary N) is 2. The Kier molecular flexibility index (Phi) is 18.1. The van der Waals surface area contributed by atoms with E-state index in [-0.39, 0.29) is 36.1 Å². The number of carbonyl (C=O) groups excluding carboxylic acids is 3. The van der Waals surface area contributed by atoms with E-state index < -0.39 is 0 Å². The van der Waals surface area contributed by atoms with Crippen molar-refractivity contribution in [3.63, 3.8) is 0 Å². The molecule has 0 unspecified atom stereocenters. The molecule has 0 aliphatic heterocycles. The first-order chi connectivity index (χ1) is 13.1. The fraction of sp³-hybridized carbons (Fsp3) is 0.857. The van der Waals surface area contributed by atoms with Crippen LogP contribution in [-0.4, -0.2) is 45.0 Å². The van der Waals surface area contributed by atoms with Gasteiger partial charge in [0.25, 0.3) is 0 Å². The van der Waals surface area contributed by atoms with Crippen molar-refractivity contribution in [1.82, 2.24) is 0 Å². The zero-order chi connectivity index (χ0) is 22.1. The molecule has 0 aliphatic rings. The number of rotatable bonds is 13. The van der Waals surface area contributed by atoms with E-state index >= 15 is 0 Å². The third-order valence-corrected chi connectivity index (χ3v) is 4.37. The Bertz CT molecular complexity index is 439. The molecule has 0 spiro atoms. The van der Waals surface area contributed by atoms with Crippen LogP contribution in [0.4, 0.5) is 0 Å². The predicted octanol–water partition coefficient (Wildman–Crippen LogP) is 2.69. The average Bonchev–Trinajstić information content (AvgIpc) is 2.64. The van der Waals surface area contributed by atoms with Crippen molar-refractivity contribution in [2.75, 3.05) is 27.3 Å². The fourth-order valence-electron chi connectivity index (χ4n) is 3.00. The van der Waals surface area contributed by atoms with Gasteiger partial charge in [-0.05, 0) is 49.5 Å². The summed E-state index contributed by atoms with van der Waals surface area (Å²) in [6.07, 6.45) is 3.96. The van der Waals surface area contributed by atoms with E-state index in [4.69, 9.17) is 11.5 Å². The SMILES string of the molecule is COC(=O)C[C@@H](CCC(=O)CN)CC(C)C.COC(=O)C[C@@H](CN)CC(C)C. The van der Waals surface area contributed by atoms with Gasteiger partial charge >= 0.3 is 11.9 Å². The van der Waals surface area contributed by atoms with Gasteiger partial charge in [0.1, 0.15) is 5.78 Å². The summed E-state index contributed by atoms with van der Waals surface area (Å²) in [4.78, 5) is 33.2. The highest BCUT2D eigenvalue weighted by atomic mass is 16.5. The largest absolute Gasteiger partial charge is 0.469 e. The number of hydrogen-bond donors (Lipinski definition) is 2. The molecule has 7 heteroatoms. The summed E-state index contributed by atoms with van der Waals surface area (Å²) in [5.74, 6) is 1.29. The Labute approximate surface area is 170 Å². The number of hydrogen-bond acceptors (Lipinski definition) is 7.